The fourth-order valence-electron chi connectivity index (χ4n) is 2.51. The normalized spacial score (nSPS) is 22.0. The molecule has 2 heterocycles. The molecule has 7 nitrogen and oxygen atoms in total. The quantitative estimate of drug-likeness (QED) is 0.839. The molecule has 1 aromatic rings. The summed E-state index contributed by atoms with van der Waals surface area (Å²) in [5, 5.41) is 9.36. The predicted octanol–water partition coefficient (Wildman–Crippen LogP) is 1.26. The highest BCUT2D eigenvalue weighted by atomic mass is 16.5. The van der Waals surface area contributed by atoms with Crippen LogP contribution in [0.15, 0.2) is 6.07 Å². The van der Waals surface area contributed by atoms with Crippen molar-refractivity contribution in [3.8, 4) is 0 Å². The van der Waals surface area contributed by atoms with Gasteiger partial charge in [-0.3, -0.25) is 4.79 Å². The summed E-state index contributed by atoms with van der Waals surface area (Å²) in [6.07, 6.45) is 1.40. The standard InChI is InChI=1S/C14H19N3O4/c1-9-7-10(16-11(15-9)12(18)21-3)17-6-4-5-14(2,8-17)13(19)20/h7H,4-6,8H2,1-3H3,(H,19,20). The number of carboxylic acid groups (broad SMARTS) is 1. The van der Waals surface area contributed by atoms with Crippen LogP contribution in [0.1, 0.15) is 36.1 Å². The summed E-state index contributed by atoms with van der Waals surface area (Å²) >= 11 is 0. The smallest absolute Gasteiger partial charge is 0.376 e. The van der Waals surface area contributed by atoms with Gasteiger partial charge in [0.25, 0.3) is 0 Å². The Morgan fingerprint density at radius 2 is 2.14 bits per heavy atom. The molecule has 1 aromatic heterocycles. The molecule has 0 amide bonds. The minimum atomic E-state index is -0.814. The molecule has 0 saturated carbocycles. The Balaban J connectivity index is 2.31. The molecule has 0 spiro atoms. The van der Waals surface area contributed by atoms with Crippen LogP contribution in [0.4, 0.5) is 5.82 Å². The van der Waals surface area contributed by atoms with Gasteiger partial charge in [0, 0.05) is 24.8 Å². The Morgan fingerprint density at radius 3 is 2.76 bits per heavy atom. The Bertz CT molecular complexity index is 575. The van der Waals surface area contributed by atoms with E-state index in [0.29, 0.717) is 31.0 Å². The van der Waals surface area contributed by atoms with E-state index in [9.17, 15) is 14.7 Å². The topological polar surface area (TPSA) is 92.6 Å². The number of nitrogens with zero attached hydrogens (tertiary/aromatic N) is 3. The molecule has 114 valence electrons. The minimum absolute atomic E-state index is 0.00454. The maximum Gasteiger partial charge on any atom is 0.376 e. The van der Waals surface area contributed by atoms with E-state index in [1.165, 1.54) is 7.11 Å². The highest BCUT2D eigenvalue weighted by Gasteiger charge is 2.38. The van der Waals surface area contributed by atoms with Gasteiger partial charge in [-0.2, -0.15) is 0 Å². The second-order valence-corrected chi connectivity index (χ2v) is 5.57. The summed E-state index contributed by atoms with van der Waals surface area (Å²) in [5.74, 6) is -0.852. The van der Waals surface area contributed by atoms with Crippen molar-refractivity contribution >= 4 is 17.8 Å². The number of aromatic nitrogens is 2. The van der Waals surface area contributed by atoms with Gasteiger partial charge in [0.15, 0.2) is 0 Å². The van der Waals surface area contributed by atoms with Gasteiger partial charge in [-0.1, -0.05) is 0 Å². The number of ether oxygens (including phenoxy) is 1. The number of carbonyl (C=O) groups is 2. The molecule has 1 atom stereocenters. The molecule has 1 N–H and O–H groups in total. The van der Waals surface area contributed by atoms with Crippen molar-refractivity contribution in [2.45, 2.75) is 26.7 Å². The van der Waals surface area contributed by atoms with Crippen molar-refractivity contribution in [2.24, 2.45) is 5.41 Å². The van der Waals surface area contributed by atoms with Crippen LogP contribution < -0.4 is 4.90 Å². The molecule has 1 unspecified atom stereocenters. The van der Waals surface area contributed by atoms with Crippen LogP contribution in [0.5, 0.6) is 0 Å². The fraction of sp³-hybridized carbons (Fsp3) is 0.571. The summed E-state index contributed by atoms with van der Waals surface area (Å²) in [4.78, 5) is 33.1. The molecule has 1 aliphatic heterocycles. The first-order valence-electron chi connectivity index (χ1n) is 6.78. The Labute approximate surface area is 123 Å². The molecule has 7 heteroatoms. The lowest BCUT2D eigenvalue weighted by molar-refractivity contribution is -0.148. The molecule has 0 radical (unpaired) electrons. The number of aryl methyl sites for hydroxylation is 1. The number of methoxy groups -OCH3 is 1. The van der Waals surface area contributed by atoms with Crippen molar-refractivity contribution in [3.05, 3.63) is 17.6 Å². The Kier molecular flexibility index (Phi) is 4.11. The van der Waals surface area contributed by atoms with Crippen molar-refractivity contribution in [3.63, 3.8) is 0 Å². The van der Waals surface area contributed by atoms with E-state index in [1.54, 1.807) is 19.9 Å². The van der Waals surface area contributed by atoms with Crippen LogP contribution in [0.2, 0.25) is 0 Å². The van der Waals surface area contributed by atoms with Crippen LogP contribution in [0, 0.1) is 12.3 Å². The van der Waals surface area contributed by atoms with Gasteiger partial charge in [0.05, 0.1) is 12.5 Å². The zero-order valence-electron chi connectivity index (χ0n) is 12.4. The highest BCUT2D eigenvalue weighted by molar-refractivity contribution is 5.85. The lowest BCUT2D eigenvalue weighted by atomic mass is 9.82. The van der Waals surface area contributed by atoms with Crippen LogP contribution in [-0.4, -0.2) is 47.2 Å². The van der Waals surface area contributed by atoms with E-state index in [-0.39, 0.29) is 5.82 Å². The summed E-state index contributed by atoms with van der Waals surface area (Å²) < 4.78 is 4.64. The zero-order chi connectivity index (χ0) is 15.6. The third-order valence-corrected chi connectivity index (χ3v) is 3.75. The predicted molar refractivity (Wildman–Crippen MR) is 75.3 cm³/mol. The SMILES string of the molecule is COC(=O)c1nc(C)cc(N2CCCC(C)(C(=O)O)C2)n1. The number of aliphatic carboxylic acids is 1. The Hall–Kier alpha value is -2.18. The average molecular weight is 293 g/mol. The molecule has 21 heavy (non-hydrogen) atoms. The second-order valence-electron chi connectivity index (χ2n) is 5.57. The summed E-state index contributed by atoms with van der Waals surface area (Å²) in [5.41, 5.74) is -0.161. The first-order chi connectivity index (χ1) is 9.85. The van der Waals surface area contributed by atoms with Crippen LogP contribution in [0.25, 0.3) is 0 Å². The molecule has 2 rings (SSSR count). The van der Waals surface area contributed by atoms with Crippen molar-refractivity contribution in [1.29, 1.82) is 0 Å². The van der Waals surface area contributed by atoms with Gasteiger partial charge >= 0.3 is 11.9 Å². The van der Waals surface area contributed by atoms with Crippen molar-refractivity contribution in [2.75, 3.05) is 25.1 Å². The molecule has 1 aliphatic rings. The first kappa shape index (κ1) is 15.2. The van der Waals surface area contributed by atoms with Gasteiger partial charge in [-0.05, 0) is 26.7 Å². The lowest BCUT2D eigenvalue weighted by Gasteiger charge is -2.38. The van der Waals surface area contributed by atoms with E-state index in [2.05, 4.69) is 14.7 Å². The van der Waals surface area contributed by atoms with Crippen molar-refractivity contribution < 1.29 is 19.4 Å². The first-order valence-corrected chi connectivity index (χ1v) is 6.78. The maximum absolute atomic E-state index is 11.6. The molecule has 1 saturated heterocycles. The number of carbonyl (C=O) groups excluding carboxylic acids is 1. The minimum Gasteiger partial charge on any atom is -0.481 e. The van der Waals surface area contributed by atoms with E-state index in [4.69, 9.17) is 0 Å². The van der Waals surface area contributed by atoms with E-state index in [1.807, 2.05) is 4.90 Å². The van der Waals surface area contributed by atoms with Gasteiger partial charge in [-0.15, -0.1) is 0 Å². The average Bonchev–Trinajstić information content (AvgIpc) is 2.45. The Morgan fingerprint density at radius 1 is 1.43 bits per heavy atom. The van der Waals surface area contributed by atoms with Gasteiger partial charge in [-0.25, -0.2) is 14.8 Å². The second kappa shape index (κ2) is 5.67. The molecular formula is C14H19N3O4. The van der Waals surface area contributed by atoms with Gasteiger partial charge < -0.3 is 14.7 Å². The molecule has 0 aromatic carbocycles. The summed E-state index contributed by atoms with van der Waals surface area (Å²) in [7, 11) is 1.27. The van der Waals surface area contributed by atoms with Crippen LogP contribution in [-0.2, 0) is 9.53 Å². The molecule has 0 aliphatic carbocycles. The largest absolute Gasteiger partial charge is 0.481 e. The number of anilines is 1. The van der Waals surface area contributed by atoms with E-state index >= 15 is 0 Å². The summed E-state index contributed by atoms with van der Waals surface area (Å²) in [6.45, 7) is 4.56. The third-order valence-electron chi connectivity index (χ3n) is 3.75. The third kappa shape index (κ3) is 3.12. The zero-order valence-corrected chi connectivity index (χ0v) is 12.4. The monoisotopic (exact) mass is 293 g/mol. The summed E-state index contributed by atoms with van der Waals surface area (Å²) in [6, 6.07) is 1.75. The molecule has 0 bridgehead atoms. The lowest BCUT2D eigenvalue weighted by Crippen LogP contribution is -2.46. The van der Waals surface area contributed by atoms with Crippen LogP contribution >= 0.6 is 0 Å². The number of esters is 1. The van der Waals surface area contributed by atoms with Gasteiger partial charge in [0.1, 0.15) is 5.82 Å². The number of piperidine rings is 1. The molecule has 1 fully saturated rings. The fourth-order valence-corrected chi connectivity index (χ4v) is 2.51. The van der Waals surface area contributed by atoms with Crippen molar-refractivity contribution in [1.82, 2.24) is 9.97 Å². The number of hydrogen-bond acceptors (Lipinski definition) is 6. The van der Waals surface area contributed by atoms with E-state index < -0.39 is 17.4 Å². The van der Waals surface area contributed by atoms with Gasteiger partial charge in [0.2, 0.25) is 5.82 Å². The number of carboxylic acids is 1. The number of hydrogen-bond donors (Lipinski definition) is 1. The van der Waals surface area contributed by atoms with E-state index in [0.717, 1.165) is 6.42 Å². The van der Waals surface area contributed by atoms with Crippen LogP contribution in [0.3, 0.4) is 0 Å². The number of rotatable bonds is 3. The maximum atomic E-state index is 11.6. The molecular weight excluding hydrogens is 274 g/mol. The highest BCUT2D eigenvalue weighted by Crippen LogP contribution is 2.32.